The number of hydroxylamine groups is 4. The van der Waals surface area contributed by atoms with Crippen molar-refractivity contribution in [1.82, 2.24) is 10.1 Å². The van der Waals surface area contributed by atoms with Crippen molar-refractivity contribution in [1.29, 1.82) is 0 Å². The van der Waals surface area contributed by atoms with Crippen LogP contribution in [0.2, 0.25) is 0 Å². The molecule has 0 radical (unpaired) electrons. The van der Waals surface area contributed by atoms with Gasteiger partial charge in [0.1, 0.15) is 0 Å². The quantitative estimate of drug-likeness (QED) is 0.602. The summed E-state index contributed by atoms with van der Waals surface area (Å²) in [4.78, 5) is 20.6. The Hall–Kier alpha value is -0.810. The molecule has 2 rings (SSSR count). The molecule has 2 saturated heterocycles. The van der Waals surface area contributed by atoms with Gasteiger partial charge in [-0.25, -0.2) is 0 Å². The Labute approximate surface area is 70.7 Å². The molecule has 0 bridgehead atoms. The first-order valence-corrected chi connectivity index (χ1v) is 4.24. The molecule has 0 amide bonds. The third kappa shape index (κ3) is 1.67. The fourth-order valence-corrected chi connectivity index (χ4v) is 0.984. The third-order valence-corrected chi connectivity index (χ3v) is 2.04. The molecule has 0 aromatic heterocycles. The predicted molar refractivity (Wildman–Crippen MR) is 39.9 cm³/mol. The fraction of sp³-hybridized carbons (Fsp3) is 0.857. The molecule has 0 atom stereocenters. The molecule has 0 aromatic carbocycles. The lowest BCUT2D eigenvalue weighted by atomic mass is 10.3. The summed E-state index contributed by atoms with van der Waals surface area (Å²) < 4.78 is 0. The van der Waals surface area contributed by atoms with Gasteiger partial charge in [-0.05, 0) is 12.8 Å². The van der Waals surface area contributed by atoms with E-state index in [0.717, 1.165) is 39.0 Å². The summed E-state index contributed by atoms with van der Waals surface area (Å²) in [5.74, 6) is 0. The van der Waals surface area contributed by atoms with Crippen molar-refractivity contribution in [3.63, 3.8) is 0 Å². The van der Waals surface area contributed by atoms with E-state index in [2.05, 4.69) is 0 Å². The normalized spacial score (nSPS) is 24.0. The molecule has 2 fully saturated rings. The van der Waals surface area contributed by atoms with Gasteiger partial charge in [-0.15, -0.1) is 10.1 Å². The molecule has 2 heterocycles. The van der Waals surface area contributed by atoms with E-state index in [1.807, 2.05) is 0 Å². The fourth-order valence-electron chi connectivity index (χ4n) is 0.984. The van der Waals surface area contributed by atoms with Gasteiger partial charge in [0.15, 0.2) is 0 Å². The van der Waals surface area contributed by atoms with E-state index < -0.39 is 6.16 Å². The van der Waals surface area contributed by atoms with Crippen LogP contribution in [0.4, 0.5) is 4.79 Å². The van der Waals surface area contributed by atoms with Gasteiger partial charge in [-0.1, -0.05) is 0 Å². The second-order valence-corrected chi connectivity index (χ2v) is 3.00. The van der Waals surface area contributed by atoms with Gasteiger partial charge in [0.05, 0.1) is 0 Å². The van der Waals surface area contributed by atoms with E-state index in [0.29, 0.717) is 0 Å². The van der Waals surface area contributed by atoms with E-state index in [1.165, 1.54) is 0 Å². The molecule has 2 aliphatic heterocycles. The van der Waals surface area contributed by atoms with Gasteiger partial charge in [-0.2, -0.15) is 4.79 Å². The first-order chi connectivity index (χ1) is 5.84. The molecule has 0 N–H and O–H groups in total. The van der Waals surface area contributed by atoms with Crippen molar-refractivity contribution in [3.8, 4) is 0 Å². The van der Waals surface area contributed by atoms with Crippen LogP contribution >= 0.6 is 0 Å². The number of hydrogen-bond donors (Lipinski definition) is 0. The molecular weight excluding hydrogens is 160 g/mol. The maximum absolute atomic E-state index is 10.9. The van der Waals surface area contributed by atoms with E-state index in [-0.39, 0.29) is 0 Å². The molecule has 0 saturated carbocycles. The molecule has 0 unspecified atom stereocenters. The highest BCUT2D eigenvalue weighted by molar-refractivity contribution is 5.59. The average Bonchev–Trinajstić information content (AvgIpc) is 1.89. The second-order valence-electron chi connectivity index (χ2n) is 3.00. The smallest absolute Gasteiger partial charge is 0.334 e. The van der Waals surface area contributed by atoms with Gasteiger partial charge in [0.25, 0.3) is 0 Å². The van der Waals surface area contributed by atoms with Gasteiger partial charge in [-0.3, -0.25) is 0 Å². The molecular formula is C7H12N2O3. The summed E-state index contributed by atoms with van der Waals surface area (Å²) in [5, 5.41) is 3.20. The van der Waals surface area contributed by atoms with Crippen molar-refractivity contribution >= 4 is 6.16 Å². The number of rotatable bonds is 2. The number of hydrogen-bond acceptors (Lipinski definition) is 5. The van der Waals surface area contributed by atoms with E-state index in [9.17, 15) is 4.79 Å². The molecule has 12 heavy (non-hydrogen) atoms. The zero-order chi connectivity index (χ0) is 8.39. The molecule has 2 aliphatic rings. The molecule has 0 spiro atoms. The highest BCUT2D eigenvalue weighted by Gasteiger charge is 2.24. The average molecular weight is 172 g/mol. The van der Waals surface area contributed by atoms with Crippen molar-refractivity contribution in [2.75, 3.05) is 26.2 Å². The molecule has 5 nitrogen and oxygen atoms in total. The lowest BCUT2D eigenvalue weighted by Crippen LogP contribution is -2.43. The number of carbonyl (C=O) groups is 1. The van der Waals surface area contributed by atoms with Crippen LogP contribution in [-0.4, -0.2) is 42.5 Å². The third-order valence-electron chi connectivity index (χ3n) is 2.04. The van der Waals surface area contributed by atoms with Crippen LogP contribution in [0.5, 0.6) is 0 Å². The van der Waals surface area contributed by atoms with Crippen LogP contribution in [0, 0.1) is 0 Å². The van der Waals surface area contributed by atoms with Crippen molar-refractivity contribution < 1.29 is 14.5 Å². The zero-order valence-electron chi connectivity index (χ0n) is 6.86. The number of nitrogens with zero attached hydrogens (tertiary/aromatic N) is 2. The van der Waals surface area contributed by atoms with Crippen LogP contribution in [0.25, 0.3) is 0 Å². The van der Waals surface area contributed by atoms with E-state index in [1.54, 1.807) is 10.1 Å². The van der Waals surface area contributed by atoms with Crippen LogP contribution in [-0.2, 0) is 9.68 Å². The standard InChI is InChI=1S/C7H12N2O3/c10-7(11-8-3-1-4-8)12-9-5-2-6-9/h1-6H2. The minimum atomic E-state index is -0.602. The predicted octanol–water partition coefficient (Wildman–Crippen LogP) is 0.381. The summed E-state index contributed by atoms with van der Waals surface area (Å²) in [6.07, 6.45) is 1.59. The Morgan fingerprint density at radius 3 is 1.58 bits per heavy atom. The minimum Gasteiger partial charge on any atom is -0.334 e. The zero-order valence-corrected chi connectivity index (χ0v) is 6.86. The molecule has 68 valence electrons. The Kier molecular flexibility index (Phi) is 2.14. The van der Waals surface area contributed by atoms with E-state index >= 15 is 0 Å². The van der Waals surface area contributed by atoms with Crippen LogP contribution in [0.1, 0.15) is 12.8 Å². The first-order valence-electron chi connectivity index (χ1n) is 4.24. The van der Waals surface area contributed by atoms with Crippen molar-refractivity contribution in [3.05, 3.63) is 0 Å². The van der Waals surface area contributed by atoms with Crippen LogP contribution < -0.4 is 0 Å². The Morgan fingerprint density at radius 1 is 0.917 bits per heavy atom. The van der Waals surface area contributed by atoms with Gasteiger partial charge in [0, 0.05) is 26.2 Å². The summed E-state index contributed by atoms with van der Waals surface area (Å²) in [7, 11) is 0. The Bertz CT molecular complexity index is 159. The maximum atomic E-state index is 10.9. The summed E-state index contributed by atoms with van der Waals surface area (Å²) >= 11 is 0. The largest absolute Gasteiger partial charge is 0.547 e. The Balaban J connectivity index is 1.62. The first kappa shape index (κ1) is 7.82. The molecule has 5 heteroatoms. The number of carbonyl (C=O) groups excluding carboxylic acids is 1. The second kappa shape index (κ2) is 3.28. The highest BCUT2D eigenvalue weighted by Crippen LogP contribution is 2.10. The van der Waals surface area contributed by atoms with Gasteiger partial charge >= 0.3 is 6.16 Å². The summed E-state index contributed by atoms with van der Waals surface area (Å²) in [6.45, 7) is 3.31. The SMILES string of the molecule is O=C(ON1CCC1)ON1CCC1. The van der Waals surface area contributed by atoms with E-state index in [4.69, 9.17) is 9.68 Å². The lowest BCUT2D eigenvalue weighted by molar-refractivity contribution is -0.222. The van der Waals surface area contributed by atoms with Crippen molar-refractivity contribution in [2.24, 2.45) is 0 Å². The maximum Gasteiger partial charge on any atom is 0.547 e. The summed E-state index contributed by atoms with van der Waals surface area (Å²) in [6, 6.07) is 0. The summed E-state index contributed by atoms with van der Waals surface area (Å²) in [5.41, 5.74) is 0. The Morgan fingerprint density at radius 2 is 1.33 bits per heavy atom. The van der Waals surface area contributed by atoms with Gasteiger partial charge in [0.2, 0.25) is 0 Å². The minimum absolute atomic E-state index is 0.602. The van der Waals surface area contributed by atoms with Gasteiger partial charge < -0.3 is 9.68 Å². The topological polar surface area (TPSA) is 42.0 Å². The van der Waals surface area contributed by atoms with Crippen LogP contribution in [0.3, 0.4) is 0 Å². The molecule has 0 aliphatic carbocycles. The highest BCUT2D eigenvalue weighted by atomic mass is 16.9. The monoisotopic (exact) mass is 172 g/mol. The van der Waals surface area contributed by atoms with Crippen LogP contribution in [0.15, 0.2) is 0 Å². The van der Waals surface area contributed by atoms with Crippen molar-refractivity contribution in [2.45, 2.75) is 12.8 Å². The molecule has 0 aromatic rings. The lowest BCUT2D eigenvalue weighted by Gasteiger charge is -2.31.